The Labute approximate surface area is 199 Å². The van der Waals surface area contributed by atoms with Gasteiger partial charge in [-0.1, -0.05) is 30.4 Å². The highest BCUT2D eigenvalue weighted by Gasteiger charge is 2.23. The molecule has 0 fully saturated rings. The molecule has 33 heavy (non-hydrogen) atoms. The number of carbonyl (C=O) groups excluding carboxylic acids is 1. The van der Waals surface area contributed by atoms with E-state index in [0.29, 0.717) is 29.5 Å². The van der Waals surface area contributed by atoms with Gasteiger partial charge >= 0.3 is 6.09 Å². The summed E-state index contributed by atoms with van der Waals surface area (Å²) in [5.74, 6) is 1.40. The maximum atomic E-state index is 12.5. The van der Waals surface area contributed by atoms with E-state index in [4.69, 9.17) is 26.4 Å². The molecule has 0 aliphatic heterocycles. The molecule has 1 aromatic heterocycles. The summed E-state index contributed by atoms with van der Waals surface area (Å²) in [6.45, 7) is 5.92. The van der Waals surface area contributed by atoms with Crippen molar-refractivity contribution in [2.75, 3.05) is 14.2 Å². The number of alkyl carbamates (subject to hydrolysis) is 1. The number of methoxy groups -OCH3 is 2. The van der Waals surface area contributed by atoms with Gasteiger partial charge < -0.3 is 29.8 Å². The zero-order valence-electron chi connectivity index (χ0n) is 19.7. The van der Waals surface area contributed by atoms with E-state index in [9.17, 15) is 4.79 Å². The summed E-state index contributed by atoms with van der Waals surface area (Å²) < 4.78 is 16.2. The van der Waals surface area contributed by atoms with Crippen molar-refractivity contribution in [2.24, 2.45) is 0 Å². The summed E-state index contributed by atoms with van der Waals surface area (Å²) in [6, 6.07) is 13.2. The van der Waals surface area contributed by atoms with Crippen LogP contribution in [0.4, 0.5) is 4.79 Å². The second kappa shape index (κ2) is 10.6. The third-order valence-corrected chi connectivity index (χ3v) is 5.48. The van der Waals surface area contributed by atoms with E-state index in [1.807, 2.05) is 69.4 Å². The van der Waals surface area contributed by atoms with Gasteiger partial charge in [0.2, 0.25) is 0 Å². The summed E-state index contributed by atoms with van der Waals surface area (Å²) in [4.78, 5) is 16.3. The number of amides is 1. The molecular weight excluding hydrogens is 438 g/mol. The van der Waals surface area contributed by atoms with Gasteiger partial charge in [0.1, 0.15) is 17.1 Å². The van der Waals surface area contributed by atoms with E-state index in [-0.39, 0.29) is 0 Å². The maximum Gasteiger partial charge on any atom is 0.408 e. The lowest BCUT2D eigenvalue weighted by atomic mass is 10.0. The van der Waals surface area contributed by atoms with Crippen LogP contribution in [0.15, 0.2) is 48.7 Å². The van der Waals surface area contributed by atoms with E-state index >= 15 is 0 Å². The summed E-state index contributed by atoms with van der Waals surface area (Å²) in [5.41, 5.74) is 2.40. The Balaban J connectivity index is 1.77. The largest absolute Gasteiger partial charge is 0.497 e. The minimum absolute atomic E-state index is 0.437. The van der Waals surface area contributed by atoms with Crippen molar-refractivity contribution in [2.45, 2.75) is 45.4 Å². The van der Waals surface area contributed by atoms with Crippen LogP contribution in [-0.2, 0) is 17.7 Å². The van der Waals surface area contributed by atoms with Gasteiger partial charge in [-0.05, 0) is 44.5 Å². The van der Waals surface area contributed by atoms with Crippen molar-refractivity contribution in [3.8, 4) is 11.5 Å². The Morgan fingerprint density at radius 1 is 1.09 bits per heavy atom. The van der Waals surface area contributed by atoms with Crippen LogP contribution < -0.4 is 20.1 Å². The van der Waals surface area contributed by atoms with Crippen LogP contribution in [-0.4, -0.2) is 41.9 Å². The highest BCUT2D eigenvalue weighted by Crippen LogP contribution is 2.25. The number of H-pyrrole nitrogens is 1. The van der Waals surface area contributed by atoms with Gasteiger partial charge in [0.25, 0.3) is 0 Å². The molecule has 2 aromatic carbocycles. The second-order valence-electron chi connectivity index (χ2n) is 8.66. The average Bonchev–Trinajstić information content (AvgIpc) is 3.18. The number of benzene rings is 2. The third kappa shape index (κ3) is 6.61. The van der Waals surface area contributed by atoms with Gasteiger partial charge in [0.05, 0.1) is 25.2 Å². The van der Waals surface area contributed by atoms with Crippen LogP contribution in [0.2, 0.25) is 0 Å². The number of rotatable bonds is 8. The van der Waals surface area contributed by atoms with Gasteiger partial charge in [-0.2, -0.15) is 0 Å². The topological polar surface area (TPSA) is 84.6 Å². The van der Waals surface area contributed by atoms with Crippen LogP contribution in [0.25, 0.3) is 10.9 Å². The standard InChI is InChI=1S/C25H31N3O4S/c1-25(2,3)32-24(29)28-21(12-17-15-26-20-9-7-6-8-19(17)20)23(33)27-14-16-10-11-18(30-4)13-22(16)31-5/h6-11,13,15,21,26H,12,14H2,1-5H3,(H,27,33)(H,28,29)/t21-/m1/s1. The molecule has 7 nitrogen and oxygen atoms in total. The van der Waals surface area contributed by atoms with Gasteiger partial charge in [0, 0.05) is 41.7 Å². The minimum atomic E-state index is -0.610. The summed E-state index contributed by atoms with van der Waals surface area (Å²) in [7, 11) is 3.22. The van der Waals surface area contributed by atoms with Crippen molar-refractivity contribution < 1.29 is 19.0 Å². The normalized spacial score (nSPS) is 12.2. The predicted molar refractivity (Wildman–Crippen MR) is 134 cm³/mol. The lowest BCUT2D eigenvalue weighted by Gasteiger charge is -2.25. The molecule has 0 unspecified atom stereocenters. The Morgan fingerprint density at radius 3 is 2.55 bits per heavy atom. The average molecular weight is 470 g/mol. The first-order valence-corrected chi connectivity index (χ1v) is 11.1. The number of ether oxygens (including phenoxy) is 3. The number of fused-ring (bicyclic) bond motifs is 1. The smallest absolute Gasteiger partial charge is 0.408 e. The summed E-state index contributed by atoms with van der Waals surface area (Å²) in [6.07, 6.45) is 1.94. The van der Waals surface area contributed by atoms with Crippen LogP contribution in [0, 0.1) is 0 Å². The van der Waals surface area contributed by atoms with Crippen molar-refractivity contribution >= 4 is 34.2 Å². The maximum absolute atomic E-state index is 12.5. The number of para-hydroxylation sites is 1. The van der Waals surface area contributed by atoms with E-state index < -0.39 is 17.7 Å². The minimum Gasteiger partial charge on any atom is -0.497 e. The second-order valence-corrected chi connectivity index (χ2v) is 9.10. The van der Waals surface area contributed by atoms with Crippen molar-refractivity contribution in [3.05, 3.63) is 59.8 Å². The fourth-order valence-electron chi connectivity index (χ4n) is 3.48. The molecule has 3 N–H and O–H groups in total. The van der Waals surface area contributed by atoms with E-state index in [0.717, 1.165) is 22.0 Å². The molecule has 0 radical (unpaired) electrons. The zero-order chi connectivity index (χ0) is 24.0. The Morgan fingerprint density at radius 2 is 1.85 bits per heavy atom. The highest BCUT2D eigenvalue weighted by atomic mass is 32.1. The number of aromatic nitrogens is 1. The molecule has 1 heterocycles. The predicted octanol–water partition coefficient (Wildman–Crippen LogP) is 4.74. The molecule has 1 atom stereocenters. The van der Waals surface area contributed by atoms with Gasteiger partial charge in [-0.15, -0.1) is 0 Å². The molecule has 3 rings (SSSR count). The van der Waals surface area contributed by atoms with Gasteiger partial charge in [0.15, 0.2) is 0 Å². The monoisotopic (exact) mass is 469 g/mol. The molecule has 0 bridgehead atoms. The molecule has 0 spiro atoms. The summed E-state index contributed by atoms with van der Waals surface area (Å²) in [5, 5.41) is 7.29. The molecule has 0 saturated heterocycles. The first-order chi connectivity index (χ1) is 15.7. The molecule has 1 amide bonds. The van der Waals surface area contributed by atoms with Crippen LogP contribution in [0.5, 0.6) is 11.5 Å². The van der Waals surface area contributed by atoms with Crippen molar-refractivity contribution in [1.82, 2.24) is 15.6 Å². The number of nitrogens with one attached hydrogen (secondary N) is 3. The number of hydrogen-bond acceptors (Lipinski definition) is 5. The molecule has 0 saturated carbocycles. The molecule has 8 heteroatoms. The van der Waals surface area contributed by atoms with Crippen molar-refractivity contribution in [1.29, 1.82) is 0 Å². The Kier molecular flexibility index (Phi) is 7.81. The quantitative estimate of drug-likeness (QED) is 0.413. The first-order valence-electron chi connectivity index (χ1n) is 10.7. The van der Waals surface area contributed by atoms with E-state index in [1.165, 1.54) is 0 Å². The zero-order valence-corrected chi connectivity index (χ0v) is 20.5. The molecule has 176 valence electrons. The van der Waals surface area contributed by atoms with Crippen LogP contribution >= 0.6 is 12.2 Å². The lowest BCUT2D eigenvalue weighted by Crippen LogP contribution is -2.48. The fraction of sp³-hybridized carbons (Fsp3) is 0.360. The SMILES string of the molecule is COc1ccc(CNC(=S)[C@@H](Cc2c[nH]c3ccccc23)NC(=O)OC(C)(C)C)c(OC)c1. The first kappa shape index (κ1) is 24.4. The number of carbonyl (C=O) groups is 1. The Hall–Kier alpha value is -3.26. The highest BCUT2D eigenvalue weighted by molar-refractivity contribution is 7.80. The van der Waals surface area contributed by atoms with Crippen molar-refractivity contribution in [3.63, 3.8) is 0 Å². The number of hydrogen-bond donors (Lipinski definition) is 3. The van der Waals surface area contributed by atoms with E-state index in [1.54, 1.807) is 14.2 Å². The summed E-state index contributed by atoms with van der Waals surface area (Å²) >= 11 is 5.70. The molecule has 0 aliphatic rings. The fourth-order valence-corrected chi connectivity index (χ4v) is 3.70. The van der Waals surface area contributed by atoms with Gasteiger partial charge in [-0.25, -0.2) is 4.79 Å². The molecule has 0 aliphatic carbocycles. The van der Waals surface area contributed by atoms with E-state index in [2.05, 4.69) is 15.6 Å². The van der Waals surface area contributed by atoms with Crippen LogP contribution in [0.1, 0.15) is 31.9 Å². The molecular formula is C25H31N3O4S. The number of thiocarbonyl (C=S) groups is 1. The van der Waals surface area contributed by atoms with Crippen LogP contribution in [0.3, 0.4) is 0 Å². The Bertz CT molecular complexity index is 1120. The lowest BCUT2D eigenvalue weighted by molar-refractivity contribution is 0.0518. The molecule has 3 aromatic rings. The third-order valence-electron chi connectivity index (χ3n) is 5.05. The number of aromatic amines is 1. The van der Waals surface area contributed by atoms with Gasteiger partial charge in [-0.3, -0.25) is 0 Å².